The Morgan fingerprint density at radius 1 is 1.09 bits per heavy atom. The van der Waals surface area contributed by atoms with Gasteiger partial charge in [-0.25, -0.2) is 19.2 Å². The summed E-state index contributed by atoms with van der Waals surface area (Å²) in [4.78, 5) is 23.3. The van der Waals surface area contributed by atoms with E-state index < -0.39 is 11.8 Å². The van der Waals surface area contributed by atoms with Crippen LogP contribution < -0.4 is 9.47 Å². The fraction of sp³-hybridized carbons (Fsp3) is 0.303. The van der Waals surface area contributed by atoms with E-state index in [1.54, 1.807) is 24.3 Å². The Bertz CT molecular complexity index is 1780. The molecule has 1 aliphatic rings. The Labute approximate surface area is 259 Å². The Kier molecular flexibility index (Phi) is 8.81. The third kappa shape index (κ3) is 6.71. The van der Waals surface area contributed by atoms with Gasteiger partial charge in [-0.3, -0.25) is 4.90 Å². The Hall–Kier alpha value is -4.41. The molecule has 0 unspecified atom stereocenters. The molecule has 0 bridgehead atoms. The summed E-state index contributed by atoms with van der Waals surface area (Å²) in [6.07, 6.45) is 5.42. The van der Waals surface area contributed by atoms with Gasteiger partial charge in [0.1, 0.15) is 24.3 Å². The molecule has 0 amide bonds. The second-order valence-corrected chi connectivity index (χ2v) is 11.3. The molecule has 0 atom stereocenters. The molecule has 1 N–H and O–H groups in total. The lowest BCUT2D eigenvalue weighted by molar-refractivity contribution is 0.0697. The first kappa shape index (κ1) is 29.7. The summed E-state index contributed by atoms with van der Waals surface area (Å²) < 4.78 is 30.2. The highest BCUT2D eigenvalue weighted by Crippen LogP contribution is 2.26. The maximum absolute atomic E-state index is 14.1. The van der Waals surface area contributed by atoms with E-state index in [1.807, 2.05) is 36.8 Å². The number of carboxylic acids is 1. The standard InChI is InChI=1S/C33H33ClFN5O4/c1-2-39-21-36-17-25(39)18-40-30-15-23(33(41)42)6-8-29(30)37-32(40)19-38-12-10-26(11-13-38)44-27-5-3-4-22(14-27)20-43-31-9-7-24(34)16-28(31)35/h3-9,14-17,21,26H,2,10-13,18-20H2,1H3,(H,41,42). The number of nitrogens with zero attached hydrogens (tertiary/aromatic N) is 5. The topological polar surface area (TPSA) is 94.6 Å². The van der Waals surface area contributed by atoms with Crippen molar-refractivity contribution < 1.29 is 23.8 Å². The lowest BCUT2D eigenvalue weighted by Crippen LogP contribution is -2.38. The molecule has 6 rings (SSSR count). The normalized spacial score (nSPS) is 14.2. The molecule has 1 saturated heterocycles. The molecule has 0 spiro atoms. The van der Waals surface area contributed by atoms with Crippen LogP contribution in [0.2, 0.25) is 5.02 Å². The monoisotopic (exact) mass is 617 g/mol. The molecule has 3 aromatic carbocycles. The molecule has 44 heavy (non-hydrogen) atoms. The lowest BCUT2D eigenvalue weighted by Gasteiger charge is -2.32. The number of likely N-dealkylation sites (tertiary alicyclic amines) is 1. The van der Waals surface area contributed by atoms with E-state index in [-0.39, 0.29) is 24.0 Å². The summed E-state index contributed by atoms with van der Waals surface area (Å²) in [5, 5.41) is 9.92. The number of ether oxygens (including phenoxy) is 2. The van der Waals surface area contributed by atoms with Crippen LogP contribution in [0.4, 0.5) is 4.39 Å². The molecule has 1 aliphatic heterocycles. The summed E-state index contributed by atoms with van der Waals surface area (Å²) in [5.41, 5.74) is 3.72. The van der Waals surface area contributed by atoms with Gasteiger partial charge in [-0.2, -0.15) is 0 Å². The zero-order valence-corrected chi connectivity index (χ0v) is 25.1. The Morgan fingerprint density at radius 2 is 1.93 bits per heavy atom. The summed E-state index contributed by atoms with van der Waals surface area (Å²) in [6.45, 7) is 5.92. The van der Waals surface area contributed by atoms with Gasteiger partial charge in [0.15, 0.2) is 11.6 Å². The number of carbonyl (C=O) groups is 1. The van der Waals surface area contributed by atoms with E-state index in [0.29, 0.717) is 18.1 Å². The molecule has 0 aliphatic carbocycles. The average molecular weight is 618 g/mol. The van der Waals surface area contributed by atoms with Crippen LogP contribution in [-0.4, -0.2) is 54.3 Å². The predicted molar refractivity (Wildman–Crippen MR) is 165 cm³/mol. The number of hydrogen-bond acceptors (Lipinski definition) is 6. The number of benzene rings is 3. The fourth-order valence-electron chi connectivity index (χ4n) is 5.57. The fourth-order valence-corrected chi connectivity index (χ4v) is 5.73. The van der Waals surface area contributed by atoms with Crippen molar-refractivity contribution in [1.29, 1.82) is 0 Å². The van der Waals surface area contributed by atoms with Crippen LogP contribution in [0, 0.1) is 5.82 Å². The third-order valence-electron chi connectivity index (χ3n) is 7.92. The molecule has 1 fully saturated rings. The van der Waals surface area contributed by atoms with E-state index in [0.717, 1.165) is 66.3 Å². The molecule has 5 aromatic rings. The Morgan fingerprint density at radius 3 is 2.70 bits per heavy atom. The minimum Gasteiger partial charge on any atom is -0.490 e. The first-order valence-electron chi connectivity index (χ1n) is 14.6. The van der Waals surface area contributed by atoms with Crippen molar-refractivity contribution in [2.75, 3.05) is 13.1 Å². The molecule has 228 valence electrons. The van der Waals surface area contributed by atoms with E-state index in [1.165, 1.54) is 12.1 Å². The van der Waals surface area contributed by atoms with E-state index in [4.69, 9.17) is 26.1 Å². The smallest absolute Gasteiger partial charge is 0.335 e. The largest absolute Gasteiger partial charge is 0.490 e. The Balaban J connectivity index is 1.10. The van der Waals surface area contributed by atoms with Gasteiger partial charge in [0, 0.05) is 30.9 Å². The van der Waals surface area contributed by atoms with Gasteiger partial charge in [0.25, 0.3) is 0 Å². The number of fused-ring (bicyclic) bond motifs is 1. The number of aryl methyl sites for hydroxylation is 1. The minimum absolute atomic E-state index is 0.0620. The molecule has 0 radical (unpaired) electrons. The van der Waals surface area contributed by atoms with Gasteiger partial charge in [0.2, 0.25) is 0 Å². The van der Waals surface area contributed by atoms with Crippen LogP contribution in [0.1, 0.15) is 47.2 Å². The molecule has 3 heterocycles. The van der Waals surface area contributed by atoms with Crippen LogP contribution in [0.25, 0.3) is 11.0 Å². The summed E-state index contributed by atoms with van der Waals surface area (Å²) >= 11 is 5.83. The minimum atomic E-state index is -0.963. The number of carboxylic acid groups (broad SMARTS) is 1. The van der Waals surface area contributed by atoms with E-state index in [9.17, 15) is 14.3 Å². The molecule has 11 heteroatoms. The van der Waals surface area contributed by atoms with Crippen molar-refractivity contribution in [2.45, 2.75) is 52.1 Å². The van der Waals surface area contributed by atoms with Crippen LogP contribution >= 0.6 is 11.6 Å². The number of piperidine rings is 1. The van der Waals surface area contributed by atoms with Crippen LogP contribution in [0.15, 0.2) is 73.2 Å². The van der Waals surface area contributed by atoms with Gasteiger partial charge in [-0.1, -0.05) is 23.7 Å². The van der Waals surface area contributed by atoms with Gasteiger partial charge in [-0.05, 0) is 73.9 Å². The number of imidazole rings is 2. The average Bonchev–Trinajstić information content (AvgIpc) is 3.61. The number of aromatic nitrogens is 4. The molecular weight excluding hydrogens is 585 g/mol. The van der Waals surface area contributed by atoms with Crippen molar-refractivity contribution in [3.8, 4) is 11.5 Å². The first-order chi connectivity index (χ1) is 21.4. The van der Waals surface area contributed by atoms with E-state index >= 15 is 0 Å². The van der Waals surface area contributed by atoms with Crippen molar-refractivity contribution in [1.82, 2.24) is 24.0 Å². The summed E-state index contributed by atoms with van der Waals surface area (Å²) in [7, 11) is 0. The van der Waals surface area contributed by atoms with Crippen molar-refractivity contribution in [2.24, 2.45) is 0 Å². The van der Waals surface area contributed by atoms with Crippen LogP contribution in [-0.2, 0) is 26.2 Å². The molecule has 0 saturated carbocycles. The van der Waals surface area contributed by atoms with Gasteiger partial charge in [0.05, 0.1) is 41.7 Å². The van der Waals surface area contributed by atoms with Crippen LogP contribution in [0.3, 0.4) is 0 Å². The number of halogens is 2. The van der Waals surface area contributed by atoms with Gasteiger partial charge >= 0.3 is 5.97 Å². The van der Waals surface area contributed by atoms with Crippen molar-refractivity contribution in [3.05, 3.63) is 107 Å². The molecule has 9 nitrogen and oxygen atoms in total. The molecular formula is C33H33ClFN5O4. The first-order valence-corrected chi connectivity index (χ1v) is 15.0. The lowest BCUT2D eigenvalue weighted by atomic mass is 10.1. The second-order valence-electron chi connectivity index (χ2n) is 10.9. The molecule has 2 aromatic heterocycles. The number of aromatic carboxylic acids is 1. The second kappa shape index (κ2) is 13.1. The van der Waals surface area contributed by atoms with Crippen molar-refractivity contribution in [3.63, 3.8) is 0 Å². The van der Waals surface area contributed by atoms with Crippen LogP contribution in [0.5, 0.6) is 11.5 Å². The summed E-state index contributed by atoms with van der Waals surface area (Å²) in [6, 6.07) is 17.1. The number of hydrogen-bond donors (Lipinski definition) is 1. The third-order valence-corrected chi connectivity index (χ3v) is 8.16. The SMILES string of the molecule is CCn1cncc1Cn1c(CN2CCC(Oc3cccc(COc4ccc(Cl)cc4F)c3)CC2)nc2ccc(C(=O)O)cc21. The predicted octanol–water partition coefficient (Wildman–Crippen LogP) is 6.41. The van der Waals surface area contributed by atoms with Gasteiger partial charge < -0.3 is 23.7 Å². The maximum Gasteiger partial charge on any atom is 0.335 e. The summed E-state index contributed by atoms with van der Waals surface area (Å²) in [5.74, 6) is 0.334. The van der Waals surface area contributed by atoms with E-state index in [2.05, 4.69) is 25.9 Å². The highest BCUT2D eigenvalue weighted by atomic mass is 35.5. The zero-order valence-electron chi connectivity index (χ0n) is 24.3. The van der Waals surface area contributed by atoms with Crippen molar-refractivity contribution >= 4 is 28.6 Å². The highest BCUT2D eigenvalue weighted by molar-refractivity contribution is 6.30. The van der Waals surface area contributed by atoms with Gasteiger partial charge in [-0.15, -0.1) is 0 Å². The highest BCUT2D eigenvalue weighted by Gasteiger charge is 2.23. The maximum atomic E-state index is 14.1. The zero-order chi connectivity index (χ0) is 30.6. The number of rotatable bonds is 11. The quantitative estimate of drug-likeness (QED) is 0.183.